The molecular formula is C19H19F5N4O. The molecule has 1 N–H and O–H groups in total. The summed E-state index contributed by atoms with van der Waals surface area (Å²) in [6.07, 6.45) is -5.46. The van der Waals surface area contributed by atoms with Crippen molar-refractivity contribution < 1.29 is 26.7 Å². The van der Waals surface area contributed by atoms with Crippen LogP contribution in [0.25, 0.3) is 5.65 Å². The SMILES string of the molecule is CCNC(=O)c1cc(C#N)n2c(CC3CCC(F)(F)CC3)c(C(F)(F)F)nc2c1. The Kier molecular flexibility index (Phi) is 5.52. The Morgan fingerprint density at radius 2 is 2.00 bits per heavy atom. The number of carbonyl (C=O) groups excluding carboxylic acids is 1. The van der Waals surface area contributed by atoms with Gasteiger partial charge in [0.1, 0.15) is 17.4 Å². The molecule has 2 aromatic heterocycles. The van der Waals surface area contributed by atoms with Gasteiger partial charge >= 0.3 is 6.18 Å². The average molecular weight is 414 g/mol. The summed E-state index contributed by atoms with van der Waals surface area (Å²) in [7, 11) is 0. The van der Waals surface area contributed by atoms with Crippen LogP contribution in [-0.2, 0) is 12.6 Å². The van der Waals surface area contributed by atoms with E-state index < -0.39 is 23.7 Å². The van der Waals surface area contributed by atoms with Crippen molar-refractivity contribution in [2.24, 2.45) is 5.92 Å². The molecule has 1 amide bonds. The Bertz CT molecular complexity index is 964. The number of nitrogens with one attached hydrogen (secondary N) is 1. The molecule has 2 aromatic rings. The number of imidazole rings is 1. The lowest BCUT2D eigenvalue weighted by molar-refractivity contribution is -0.141. The molecule has 1 fully saturated rings. The zero-order valence-electron chi connectivity index (χ0n) is 15.6. The number of amides is 1. The number of pyridine rings is 1. The molecular weight excluding hydrogens is 395 g/mol. The third-order valence-electron chi connectivity index (χ3n) is 5.12. The normalized spacial score (nSPS) is 17.3. The van der Waals surface area contributed by atoms with Crippen LogP contribution in [0.5, 0.6) is 0 Å². The fraction of sp³-hybridized carbons (Fsp3) is 0.526. The van der Waals surface area contributed by atoms with Gasteiger partial charge in [-0.1, -0.05) is 0 Å². The van der Waals surface area contributed by atoms with Gasteiger partial charge in [-0.25, -0.2) is 13.8 Å². The molecule has 1 saturated carbocycles. The Labute approximate surface area is 163 Å². The Balaban J connectivity index is 2.09. The van der Waals surface area contributed by atoms with E-state index in [0.717, 1.165) is 4.40 Å². The lowest BCUT2D eigenvalue weighted by Gasteiger charge is -2.28. The minimum atomic E-state index is -4.78. The summed E-state index contributed by atoms with van der Waals surface area (Å²) in [4.78, 5) is 15.7. The molecule has 3 rings (SSSR count). The number of fused-ring (bicyclic) bond motifs is 1. The van der Waals surface area contributed by atoms with E-state index >= 15 is 0 Å². The molecule has 0 aromatic carbocycles. The van der Waals surface area contributed by atoms with Gasteiger partial charge in [-0.05, 0) is 44.2 Å². The maximum Gasteiger partial charge on any atom is 0.435 e. The zero-order chi connectivity index (χ0) is 21.4. The number of halogens is 5. The van der Waals surface area contributed by atoms with Crippen molar-refractivity contribution in [3.8, 4) is 6.07 Å². The van der Waals surface area contributed by atoms with E-state index in [1.807, 2.05) is 6.07 Å². The molecule has 0 aliphatic heterocycles. The highest BCUT2D eigenvalue weighted by Gasteiger charge is 2.40. The largest absolute Gasteiger partial charge is 0.435 e. The van der Waals surface area contributed by atoms with Crippen LogP contribution in [-0.4, -0.2) is 27.8 Å². The van der Waals surface area contributed by atoms with E-state index in [4.69, 9.17) is 0 Å². The summed E-state index contributed by atoms with van der Waals surface area (Å²) in [5, 5.41) is 12.0. The maximum absolute atomic E-state index is 13.6. The summed E-state index contributed by atoms with van der Waals surface area (Å²) >= 11 is 0. The van der Waals surface area contributed by atoms with Crippen LogP contribution in [0.15, 0.2) is 12.1 Å². The first kappa shape index (κ1) is 21.0. The van der Waals surface area contributed by atoms with Crippen molar-refractivity contribution in [1.82, 2.24) is 14.7 Å². The van der Waals surface area contributed by atoms with E-state index in [9.17, 15) is 32.0 Å². The summed E-state index contributed by atoms with van der Waals surface area (Å²) in [5.74, 6) is -3.69. The number of alkyl halides is 5. The maximum atomic E-state index is 13.6. The van der Waals surface area contributed by atoms with Crippen molar-refractivity contribution in [2.45, 2.75) is 51.1 Å². The zero-order valence-corrected chi connectivity index (χ0v) is 15.6. The first-order valence-electron chi connectivity index (χ1n) is 9.24. The Hall–Kier alpha value is -2.70. The number of aromatic nitrogens is 2. The second-order valence-electron chi connectivity index (χ2n) is 7.20. The molecule has 1 aliphatic carbocycles. The number of hydrogen-bond acceptors (Lipinski definition) is 3. The Morgan fingerprint density at radius 1 is 1.34 bits per heavy atom. The number of carbonyl (C=O) groups is 1. The van der Waals surface area contributed by atoms with Gasteiger partial charge in [0.15, 0.2) is 5.69 Å². The molecule has 0 unspecified atom stereocenters. The summed E-state index contributed by atoms with van der Waals surface area (Å²) in [6, 6.07) is 4.22. The van der Waals surface area contributed by atoms with Crippen LogP contribution < -0.4 is 5.32 Å². The molecule has 156 valence electrons. The highest BCUT2D eigenvalue weighted by atomic mass is 19.4. The molecule has 29 heavy (non-hydrogen) atoms. The topological polar surface area (TPSA) is 70.2 Å². The summed E-state index contributed by atoms with van der Waals surface area (Å²) in [6.45, 7) is 2.00. The second kappa shape index (κ2) is 7.61. The van der Waals surface area contributed by atoms with Crippen LogP contribution in [0, 0.1) is 17.2 Å². The standard InChI is InChI=1S/C19H19F5N4O/c1-2-26-17(29)12-8-13(10-25)28-14(7-11-3-5-18(20,21)6-4-11)16(19(22,23)24)27-15(28)9-12/h8-9,11H,2-7H2,1H3,(H,26,29). The first-order chi connectivity index (χ1) is 13.6. The van der Waals surface area contributed by atoms with E-state index in [-0.39, 0.29) is 60.6 Å². The predicted molar refractivity (Wildman–Crippen MR) is 93.5 cm³/mol. The summed E-state index contributed by atoms with van der Waals surface area (Å²) < 4.78 is 68.7. The highest BCUT2D eigenvalue weighted by molar-refractivity contribution is 5.95. The van der Waals surface area contributed by atoms with Gasteiger partial charge in [0, 0.05) is 24.9 Å². The van der Waals surface area contributed by atoms with Crippen LogP contribution in [0.1, 0.15) is 60.0 Å². The molecule has 0 atom stereocenters. The Morgan fingerprint density at radius 3 is 2.55 bits per heavy atom. The fourth-order valence-electron chi connectivity index (χ4n) is 3.70. The minimum Gasteiger partial charge on any atom is -0.352 e. The monoisotopic (exact) mass is 414 g/mol. The molecule has 5 nitrogen and oxygen atoms in total. The van der Waals surface area contributed by atoms with Crippen molar-refractivity contribution in [2.75, 3.05) is 6.54 Å². The molecule has 0 saturated heterocycles. The molecule has 10 heteroatoms. The van der Waals surface area contributed by atoms with E-state index in [0.29, 0.717) is 6.54 Å². The number of nitriles is 1. The lowest BCUT2D eigenvalue weighted by atomic mass is 9.83. The molecule has 2 heterocycles. The van der Waals surface area contributed by atoms with Gasteiger partial charge in [-0.15, -0.1) is 0 Å². The number of nitrogens with zero attached hydrogens (tertiary/aromatic N) is 3. The second-order valence-corrected chi connectivity index (χ2v) is 7.20. The molecule has 0 spiro atoms. The van der Waals surface area contributed by atoms with Gasteiger partial charge in [0.05, 0.1) is 5.69 Å². The highest BCUT2D eigenvalue weighted by Crippen LogP contribution is 2.40. The number of rotatable bonds is 4. The van der Waals surface area contributed by atoms with Gasteiger partial charge < -0.3 is 5.32 Å². The van der Waals surface area contributed by atoms with Crippen LogP contribution in [0.4, 0.5) is 22.0 Å². The molecule has 0 radical (unpaired) electrons. The van der Waals surface area contributed by atoms with Gasteiger partial charge in [-0.3, -0.25) is 9.20 Å². The lowest BCUT2D eigenvalue weighted by Crippen LogP contribution is -2.26. The molecule has 1 aliphatic rings. The smallest absolute Gasteiger partial charge is 0.352 e. The van der Waals surface area contributed by atoms with E-state index in [1.54, 1.807) is 6.92 Å². The van der Waals surface area contributed by atoms with Crippen LogP contribution in [0.3, 0.4) is 0 Å². The number of hydrogen-bond donors (Lipinski definition) is 1. The third-order valence-corrected chi connectivity index (χ3v) is 5.12. The van der Waals surface area contributed by atoms with Crippen LogP contribution in [0.2, 0.25) is 0 Å². The average Bonchev–Trinajstić information content (AvgIpc) is 3.02. The van der Waals surface area contributed by atoms with Crippen LogP contribution >= 0.6 is 0 Å². The first-order valence-corrected chi connectivity index (χ1v) is 9.24. The van der Waals surface area contributed by atoms with Crippen molar-refractivity contribution in [1.29, 1.82) is 5.26 Å². The predicted octanol–water partition coefficient (Wildman–Crippen LogP) is 4.34. The third kappa shape index (κ3) is 4.33. The van der Waals surface area contributed by atoms with Gasteiger partial charge in [0.2, 0.25) is 5.92 Å². The molecule has 0 bridgehead atoms. The quantitative estimate of drug-likeness (QED) is 0.757. The van der Waals surface area contributed by atoms with Gasteiger partial charge in [0.25, 0.3) is 5.91 Å². The minimum absolute atomic E-state index is 0.0264. The van der Waals surface area contributed by atoms with Gasteiger partial charge in [-0.2, -0.15) is 18.4 Å². The van der Waals surface area contributed by atoms with Crippen molar-refractivity contribution in [3.05, 3.63) is 34.8 Å². The van der Waals surface area contributed by atoms with Crippen molar-refractivity contribution >= 4 is 11.6 Å². The fourth-order valence-corrected chi connectivity index (χ4v) is 3.70. The van der Waals surface area contributed by atoms with Crippen molar-refractivity contribution in [3.63, 3.8) is 0 Å². The van der Waals surface area contributed by atoms with E-state index in [2.05, 4.69) is 10.3 Å². The summed E-state index contributed by atoms with van der Waals surface area (Å²) in [5.41, 5.74) is -1.70. The van der Waals surface area contributed by atoms with E-state index in [1.165, 1.54) is 12.1 Å².